The van der Waals surface area contributed by atoms with Crippen molar-refractivity contribution < 1.29 is 14.6 Å². The predicted octanol–water partition coefficient (Wildman–Crippen LogP) is 3.16. The van der Waals surface area contributed by atoms with Crippen LogP contribution in [0, 0.1) is 0 Å². The second kappa shape index (κ2) is 9.07. The number of ether oxygens (including phenoxy) is 2. The second-order valence-electron chi connectivity index (χ2n) is 7.29. The Balaban J connectivity index is 1.78. The van der Waals surface area contributed by atoms with Crippen molar-refractivity contribution in [1.29, 1.82) is 0 Å². The van der Waals surface area contributed by atoms with Gasteiger partial charge in [-0.15, -0.1) is 0 Å². The summed E-state index contributed by atoms with van der Waals surface area (Å²) in [5.74, 6) is 1.53. The topological polar surface area (TPSA) is 98.5 Å². The number of aliphatic hydroxyl groups excluding tert-OH is 1. The number of aromatic nitrogens is 3. The molecule has 2 heterocycles. The zero-order valence-corrected chi connectivity index (χ0v) is 18.1. The number of nitrogens with one attached hydrogen (secondary N) is 1. The molecule has 0 bridgehead atoms. The molecule has 8 heteroatoms. The van der Waals surface area contributed by atoms with Crippen molar-refractivity contribution in [3.8, 4) is 22.8 Å². The number of pyridine rings is 1. The molecule has 164 valence electrons. The van der Waals surface area contributed by atoms with E-state index in [1.807, 2.05) is 42.5 Å². The molecule has 4 rings (SSSR count). The first-order valence-corrected chi connectivity index (χ1v) is 10.1. The zero-order chi connectivity index (χ0) is 22.7. The van der Waals surface area contributed by atoms with Crippen LogP contribution in [0.2, 0.25) is 0 Å². The first-order chi connectivity index (χ1) is 15.5. The van der Waals surface area contributed by atoms with E-state index in [4.69, 9.17) is 14.5 Å². The summed E-state index contributed by atoms with van der Waals surface area (Å²) in [6.07, 6.45) is 0.712. The van der Waals surface area contributed by atoms with Gasteiger partial charge < -0.3 is 24.5 Å². The molecule has 32 heavy (non-hydrogen) atoms. The Morgan fingerprint density at radius 2 is 1.81 bits per heavy atom. The smallest absolute Gasteiger partial charge is 0.264 e. The van der Waals surface area contributed by atoms with Crippen molar-refractivity contribution in [2.24, 2.45) is 7.05 Å². The molecule has 8 nitrogen and oxygen atoms in total. The highest BCUT2D eigenvalue weighted by atomic mass is 16.5. The van der Waals surface area contributed by atoms with Gasteiger partial charge in [0.15, 0.2) is 11.5 Å². The van der Waals surface area contributed by atoms with Crippen molar-refractivity contribution in [2.45, 2.75) is 6.10 Å². The summed E-state index contributed by atoms with van der Waals surface area (Å²) in [5, 5.41) is 14.1. The Morgan fingerprint density at radius 1 is 1.06 bits per heavy atom. The van der Waals surface area contributed by atoms with Gasteiger partial charge in [0.1, 0.15) is 11.2 Å². The van der Waals surface area contributed by atoms with Gasteiger partial charge in [-0.1, -0.05) is 30.3 Å². The van der Waals surface area contributed by atoms with Gasteiger partial charge in [0, 0.05) is 19.2 Å². The molecule has 2 aromatic carbocycles. The molecule has 0 aliphatic heterocycles. The molecular weight excluding hydrogens is 408 g/mol. The Hall–Kier alpha value is -3.91. The summed E-state index contributed by atoms with van der Waals surface area (Å²) in [7, 11) is 4.78. The summed E-state index contributed by atoms with van der Waals surface area (Å²) in [4.78, 5) is 22.0. The number of rotatable bonds is 7. The third kappa shape index (κ3) is 4.13. The minimum absolute atomic E-state index is 0.180. The van der Waals surface area contributed by atoms with Gasteiger partial charge >= 0.3 is 0 Å². The fourth-order valence-corrected chi connectivity index (χ4v) is 3.48. The van der Waals surface area contributed by atoms with E-state index < -0.39 is 6.10 Å². The van der Waals surface area contributed by atoms with Crippen LogP contribution in [-0.4, -0.2) is 40.4 Å². The van der Waals surface area contributed by atoms with Crippen LogP contribution in [0.4, 0.5) is 5.82 Å². The van der Waals surface area contributed by atoms with Gasteiger partial charge in [-0.05, 0) is 29.8 Å². The van der Waals surface area contributed by atoms with Crippen LogP contribution in [0.3, 0.4) is 0 Å². The highest BCUT2D eigenvalue weighted by Gasteiger charge is 2.16. The molecule has 0 saturated carbocycles. The lowest BCUT2D eigenvalue weighted by molar-refractivity contribution is 0.191. The molecule has 0 fully saturated rings. The summed E-state index contributed by atoms with van der Waals surface area (Å²) in [6.45, 7) is 0.180. The van der Waals surface area contributed by atoms with E-state index in [9.17, 15) is 9.90 Å². The summed E-state index contributed by atoms with van der Waals surface area (Å²) in [5.41, 5.74) is 2.43. The van der Waals surface area contributed by atoms with Gasteiger partial charge in [0.2, 0.25) is 0 Å². The zero-order valence-electron chi connectivity index (χ0n) is 18.1. The highest BCUT2D eigenvalue weighted by Crippen LogP contribution is 2.33. The number of hydrogen-bond acceptors (Lipinski definition) is 7. The Bertz CT molecular complexity index is 1300. The standard InChI is InChI=1S/C24H24N4O4/c1-28-14-26-18-12-17(16-9-10-20(31-2)21(11-16)32-3)27-23(22(18)24(28)30)25-13-19(29)15-7-5-4-6-8-15/h4-12,14,19,29H,13H2,1-3H3,(H,25,27)/t19-/m0/s1. The Kier molecular flexibility index (Phi) is 6.04. The molecule has 4 aromatic rings. The van der Waals surface area contributed by atoms with Gasteiger partial charge in [-0.25, -0.2) is 9.97 Å². The number of benzene rings is 2. The van der Waals surface area contributed by atoms with Crippen LogP contribution in [0.15, 0.2) is 65.7 Å². The fraction of sp³-hybridized carbons (Fsp3) is 0.208. The minimum Gasteiger partial charge on any atom is -0.493 e. The molecule has 0 spiro atoms. The van der Waals surface area contributed by atoms with Crippen LogP contribution in [0.1, 0.15) is 11.7 Å². The molecule has 0 unspecified atom stereocenters. The molecule has 2 N–H and O–H groups in total. The molecule has 0 aliphatic rings. The number of nitrogens with zero attached hydrogens (tertiary/aromatic N) is 3. The summed E-state index contributed by atoms with van der Waals surface area (Å²) >= 11 is 0. The molecular formula is C24H24N4O4. The van der Waals surface area contributed by atoms with E-state index in [1.54, 1.807) is 33.4 Å². The van der Waals surface area contributed by atoms with Crippen LogP contribution >= 0.6 is 0 Å². The van der Waals surface area contributed by atoms with E-state index in [0.29, 0.717) is 33.9 Å². The molecule has 0 saturated heterocycles. The van der Waals surface area contributed by atoms with Crippen LogP contribution in [-0.2, 0) is 7.05 Å². The highest BCUT2D eigenvalue weighted by molar-refractivity contribution is 5.91. The maximum atomic E-state index is 12.8. The molecule has 0 radical (unpaired) electrons. The summed E-state index contributed by atoms with van der Waals surface area (Å²) < 4.78 is 12.1. The third-order valence-corrected chi connectivity index (χ3v) is 5.23. The Labute approximate surface area is 185 Å². The number of hydrogen-bond donors (Lipinski definition) is 2. The van der Waals surface area contributed by atoms with E-state index in [-0.39, 0.29) is 12.1 Å². The van der Waals surface area contributed by atoms with Gasteiger partial charge in [-0.2, -0.15) is 0 Å². The number of aryl methyl sites for hydroxylation is 1. The maximum Gasteiger partial charge on any atom is 0.264 e. The monoisotopic (exact) mass is 432 g/mol. The van der Waals surface area contributed by atoms with Crippen molar-refractivity contribution in [2.75, 3.05) is 26.1 Å². The van der Waals surface area contributed by atoms with E-state index in [1.165, 1.54) is 10.9 Å². The van der Waals surface area contributed by atoms with Crippen molar-refractivity contribution in [3.05, 3.63) is 76.8 Å². The van der Waals surface area contributed by atoms with E-state index in [2.05, 4.69) is 10.3 Å². The minimum atomic E-state index is -0.765. The number of methoxy groups -OCH3 is 2. The lowest BCUT2D eigenvalue weighted by Gasteiger charge is -2.15. The number of fused-ring (bicyclic) bond motifs is 1. The molecule has 0 aliphatic carbocycles. The quantitative estimate of drug-likeness (QED) is 0.463. The first-order valence-electron chi connectivity index (χ1n) is 10.1. The van der Waals surface area contributed by atoms with Gasteiger partial charge in [-0.3, -0.25) is 4.79 Å². The van der Waals surface area contributed by atoms with Crippen molar-refractivity contribution in [1.82, 2.24) is 14.5 Å². The summed E-state index contributed by atoms with van der Waals surface area (Å²) in [6, 6.07) is 16.5. The van der Waals surface area contributed by atoms with Gasteiger partial charge in [0.25, 0.3) is 5.56 Å². The third-order valence-electron chi connectivity index (χ3n) is 5.23. The van der Waals surface area contributed by atoms with Crippen LogP contribution in [0.5, 0.6) is 11.5 Å². The van der Waals surface area contributed by atoms with Crippen LogP contribution < -0.4 is 20.3 Å². The average Bonchev–Trinajstić information content (AvgIpc) is 2.84. The van der Waals surface area contributed by atoms with Crippen molar-refractivity contribution >= 4 is 16.7 Å². The van der Waals surface area contributed by atoms with Gasteiger partial charge in [0.05, 0.1) is 37.9 Å². The predicted molar refractivity (Wildman–Crippen MR) is 123 cm³/mol. The normalized spacial score (nSPS) is 11.9. The lowest BCUT2D eigenvalue weighted by Crippen LogP contribution is -2.20. The SMILES string of the molecule is COc1ccc(-c2cc3ncn(C)c(=O)c3c(NC[C@H](O)c3ccccc3)n2)cc1OC. The van der Waals surface area contributed by atoms with Crippen molar-refractivity contribution in [3.63, 3.8) is 0 Å². The molecule has 2 aromatic heterocycles. The average molecular weight is 432 g/mol. The maximum absolute atomic E-state index is 12.8. The second-order valence-corrected chi connectivity index (χ2v) is 7.29. The first kappa shape index (κ1) is 21.3. The molecule has 0 amide bonds. The largest absolute Gasteiger partial charge is 0.493 e. The number of aliphatic hydroxyl groups is 1. The Morgan fingerprint density at radius 3 is 2.53 bits per heavy atom. The fourth-order valence-electron chi connectivity index (χ4n) is 3.48. The number of anilines is 1. The van der Waals surface area contributed by atoms with Crippen LogP contribution in [0.25, 0.3) is 22.2 Å². The molecule has 1 atom stereocenters. The van der Waals surface area contributed by atoms with E-state index in [0.717, 1.165) is 11.1 Å². The lowest BCUT2D eigenvalue weighted by atomic mass is 10.1. The van der Waals surface area contributed by atoms with E-state index >= 15 is 0 Å².